The van der Waals surface area contributed by atoms with Gasteiger partial charge < -0.3 is 19.7 Å². The topological polar surface area (TPSA) is 54.0 Å². The van der Waals surface area contributed by atoms with E-state index in [1.165, 1.54) is 0 Å². The smallest absolute Gasteiger partial charge is 0.242 e. The van der Waals surface area contributed by atoms with E-state index in [1.54, 1.807) is 7.11 Å². The summed E-state index contributed by atoms with van der Waals surface area (Å²) in [5, 5.41) is 3.26. The molecular formula is C13H27Cl2N3O3. The summed E-state index contributed by atoms with van der Waals surface area (Å²) in [5.41, 5.74) is 0. The number of morpholine rings is 1. The molecule has 2 aliphatic heterocycles. The van der Waals surface area contributed by atoms with Gasteiger partial charge in [-0.05, 0) is 6.92 Å². The number of methoxy groups -OCH3 is 1. The molecule has 2 aliphatic rings. The van der Waals surface area contributed by atoms with Crippen LogP contribution in [-0.4, -0.2) is 87.4 Å². The number of halogens is 2. The van der Waals surface area contributed by atoms with Crippen LogP contribution in [0.3, 0.4) is 0 Å². The first kappa shape index (κ1) is 20.9. The molecule has 6 nitrogen and oxygen atoms in total. The minimum absolute atomic E-state index is 0. The van der Waals surface area contributed by atoms with Gasteiger partial charge in [0.15, 0.2) is 0 Å². The normalized spacial score (nSPS) is 26.7. The zero-order valence-corrected chi connectivity index (χ0v) is 14.4. The lowest BCUT2D eigenvalue weighted by molar-refractivity contribution is -0.141. The maximum absolute atomic E-state index is 12.4. The average Bonchev–Trinajstić information content (AvgIpc) is 2.45. The first-order valence-electron chi connectivity index (χ1n) is 7.07. The molecule has 21 heavy (non-hydrogen) atoms. The Morgan fingerprint density at radius 1 is 1.29 bits per heavy atom. The molecule has 0 unspecified atom stereocenters. The van der Waals surface area contributed by atoms with Crippen LogP contribution in [0.25, 0.3) is 0 Å². The van der Waals surface area contributed by atoms with Crippen molar-refractivity contribution in [1.82, 2.24) is 15.1 Å². The molecule has 2 rings (SSSR count). The van der Waals surface area contributed by atoms with Crippen LogP contribution >= 0.6 is 24.8 Å². The molecule has 0 aromatic carbocycles. The molecule has 2 heterocycles. The summed E-state index contributed by atoms with van der Waals surface area (Å²) in [6.07, 6.45) is -0.0345. The molecule has 0 spiro atoms. The minimum Gasteiger partial charge on any atom is -0.383 e. The van der Waals surface area contributed by atoms with Gasteiger partial charge in [-0.15, -0.1) is 24.8 Å². The van der Waals surface area contributed by atoms with Crippen LogP contribution in [0.2, 0.25) is 0 Å². The van der Waals surface area contributed by atoms with Gasteiger partial charge >= 0.3 is 0 Å². The van der Waals surface area contributed by atoms with Crippen molar-refractivity contribution in [2.45, 2.75) is 19.1 Å². The molecule has 0 aliphatic carbocycles. The minimum atomic E-state index is -0.181. The number of piperazine rings is 1. The van der Waals surface area contributed by atoms with E-state index in [2.05, 4.69) is 10.2 Å². The Morgan fingerprint density at radius 3 is 2.52 bits per heavy atom. The number of carbonyl (C=O) groups is 1. The quantitative estimate of drug-likeness (QED) is 0.778. The average molecular weight is 344 g/mol. The summed E-state index contributed by atoms with van der Waals surface area (Å²) in [6.45, 7) is 8.56. The van der Waals surface area contributed by atoms with Gasteiger partial charge in [0.25, 0.3) is 0 Å². The Morgan fingerprint density at radius 2 is 1.95 bits per heavy atom. The van der Waals surface area contributed by atoms with Crippen molar-refractivity contribution < 1.29 is 14.3 Å². The SMILES string of the molecule is COCCN1CCN(C(=O)[C@H]2NCCO[C@@H]2C)CC1.Cl.Cl. The molecule has 126 valence electrons. The third kappa shape index (κ3) is 5.88. The summed E-state index contributed by atoms with van der Waals surface area (Å²) in [7, 11) is 1.72. The number of nitrogens with zero attached hydrogens (tertiary/aromatic N) is 2. The van der Waals surface area contributed by atoms with Crippen molar-refractivity contribution in [3.05, 3.63) is 0 Å². The number of amides is 1. The van der Waals surface area contributed by atoms with E-state index >= 15 is 0 Å². The fourth-order valence-electron chi connectivity index (χ4n) is 2.62. The van der Waals surface area contributed by atoms with Gasteiger partial charge in [-0.3, -0.25) is 9.69 Å². The monoisotopic (exact) mass is 343 g/mol. The molecule has 2 fully saturated rings. The van der Waals surface area contributed by atoms with Crippen molar-refractivity contribution in [2.75, 3.05) is 59.6 Å². The van der Waals surface area contributed by atoms with E-state index in [1.807, 2.05) is 11.8 Å². The van der Waals surface area contributed by atoms with Crippen LogP contribution in [0, 0.1) is 0 Å². The fourth-order valence-corrected chi connectivity index (χ4v) is 2.62. The molecule has 0 aromatic heterocycles. The third-order valence-electron chi connectivity index (χ3n) is 3.88. The lowest BCUT2D eigenvalue weighted by atomic mass is 10.1. The van der Waals surface area contributed by atoms with E-state index in [-0.39, 0.29) is 42.9 Å². The van der Waals surface area contributed by atoms with E-state index in [0.717, 1.165) is 45.9 Å². The van der Waals surface area contributed by atoms with Gasteiger partial charge in [0.05, 0.1) is 19.3 Å². The lowest BCUT2D eigenvalue weighted by Crippen LogP contribution is -2.59. The van der Waals surface area contributed by atoms with Crippen LogP contribution in [-0.2, 0) is 14.3 Å². The molecule has 1 amide bonds. The first-order valence-corrected chi connectivity index (χ1v) is 7.07. The van der Waals surface area contributed by atoms with Gasteiger partial charge in [0.1, 0.15) is 6.04 Å². The van der Waals surface area contributed by atoms with Crippen LogP contribution < -0.4 is 5.32 Å². The summed E-state index contributed by atoms with van der Waals surface area (Å²) >= 11 is 0. The second-order valence-corrected chi connectivity index (χ2v) is 5.17. The summed E-state index contributed by atoms with van der Waals surface area (Å²) in [6, 6.07) is -0.181. The molecule has 0 aromatic rings. The van der Waals surface area contributed by atoms with Gasteiger partial charge in [0, 0.05) is 46.4 Å². The van der Waals surface area contributed by atoms with Crippen molar-refractivity contribution >= 4 is 30.7 Å². The van der Waals surface area contributed by atoms with Gasteiger partial charge in [-0.2, -0.15) is 0 Å². The molecule has 0 radical (unpaired) electrons. The second-order valence-electron chi connectivity index (χ2n) is 5.17. The highest BCUT2D eigenvalue weighted by atomic mass is 35.5. The van der Waals surface area contributed by atoms with Gasteiger partial charge in [-0.1, -0.05) is 0 Å². The number of carbonyl (C=O) groups excluding carboxylic acids is 1. The van der Waals surface area contributed by atoms with Crippen molar-refractivity contribution in [3.63, 3.8) is 0 Å². The Balaban J connectivity index is 0.00000200. The molecule has 2 saturated heterocycles. The van der Waals surface area contributed by atoms with Gasteiger partial charge in [-0.25, -0.2) is 0 Å². The highest BCUT2D eigenvalue weighted by molar-refractivity contribution is 5.85. The predicted octanol–water partition coefficient (Wildman–Crippen LogP) is -0.00250. The number of nitrogens with one attached hydrogen (secondary N) is 1. The van der Waals surface area contributed by atoms with Crippen molar-refractivity contribution in [2.24, 2.45) is 0 Å². The molecule has 0 saturated carbocycles. The largest absolute Gasteiger partial charge is 0.383 e. The van der Waals surface area contributed by atoms with E-state index < -0.39 is 0 Å². The number of hydrogen-bond donors (Lipinski definition) is 1. The standard InChI is InChI=1S/C13H25N3O3.2ClH/c1-11-12(14-3-9-19-11)13(17)16-6-4-15(5-7-16)8-10-18-2;;/h11-12,14H,3-10H2,1-2H3;2*1H/t11-,12+;;/m1../s1. The summed E-state index contributed by atoms with van der Waals surface area (Å²) in [4.78, 5) is 16.7. The van der Waals surface area contributed by atoms with Gasteiger partial charge in [0.2, 0.25) is 5.91 Å². The number of ether oxygens (including phenoxy) is 2. The van der Waals surface area contributed by atoms with Crippen LogP contribution in [0.15, 0.2) is 0 Å². The van der Waals surface area contributed by atoms with E-state index in [9.17, 15) is 4.79 Å². The Hall–Kier alpha value is -0.110. The highest BCUT2D eigenvalue weighted by Gasteiger charge is 2.33. The Labute approximate surface area is 139 Å². The molecule has 8 heteroatoms. The lowest BCUT2D eigenvalue weighted by Gasteiger charge is -2.38. The Bertz CT molecular complexity index is 302. The zero-order valence-electron chi connectivity index (χ0n) is 12.7. The maximum Gasteiger partial charge on any atom is 0.242 e. The summed E-state index contributed by atoms with van der Waals surface area (Å²) < 4.78 is 10.6. The third-order valence-corrected chi connectivity index (χ3v) is 3.88. The fraction of sp³-hybridized carbons (Fsp3) is 0.923. The Kier molecular flexibility index (Phi) is 10.5. The first-order chi connectivity index (χ1) is 9.22. The van der Waals surface area contributed by atoms with E-state index in [0.29, 0.717) is 6.61 Å². The maximum atomic E-state index is 12.4. The molecule has 2 atom stereocenters. The second kappa shape index (κ2) is 10.6. The number of rotatable bonds is 4. The molecule has 1 N–H and O–H groups in total. The van der Waals surface area contributed by atoms with Crippen molar-refractivity contribution in [1.29, 1.82) is 0 Å². The van der Waals surface area contributed by atoms with Crippen LogP contribution in [0.1, 0.15) is 6.92 Å². The number of hydrogen-bond acceptors (Lipinski definition) is 5. The summed E-state index contributed by atoms with van der Waals surface area (Å²) in [5.74, 6) is 0.179. The van der Waals surface area contributed by atoms with E-state index in [4.69, 9.17) is 9.47 Å². The zero-order chi connectivity index (χ0) is 13.7. The van der Waals surface area contributed by atoms with Crippen molar-refractivity contribution in [3.8, 4) is 0 Å². The van der Waals surface area contributed by atoms with Crippen LogP contribution in [0.5, 0.6) is 0 Å². The molecular weight excluding hydrogens is 317 g/mol. The van der Waals surface area contributed by atoms with Crippen LogP contribution in [0.4, 0.5) is 0 Å². The highest BCUT2D eigenvalue weighted by Crippen LogP contribution is 2.10. The molecule has 0 bridgehead atoms. The predicted molar refractivity (Wildman–Crippen MR) is 86.6 cm³/mol.